The van der Waals surface area contributed by atoms with Crippen LogP contribution in [0.15, 0.2) is 16.6 Å². The molecule has 0 aromatic heterocycles. The van der Waals surface area contributed by atoms with E-state index in [0.717, 1.165) is 21.3 Å². The van der Waals surface area contributed by atoms with Crippen molar-refractivity contribution in [1.29, 1.82) is 0 Å². The smallest absolute Gasteiger partial charge is 0.234 e. The number of hydrogen-bond donors (Lipinski definition) is 0. The summed E-state index contributed by atoms with van der Waals surface area (Å²) in [5.74, 6) is -0.116. The Morgan fingerprint density at radius 2 is 1.75 bits per heavy atom. The van der Waals surface area contributed by atoms with Crippen LogP contribution in [0, 0.1) is 13.8 Å². The molecule has 1 fully saturated rings. The van der Waals surface area contributed by atoms with Crippen LogP contribution in [-0.4, -0.2) is 18.2 Å². The topological polar surface area (TPSA) is 37.4 Å². The second kappa shape index (κ2) is 4.01. The molecular weight excluding hydrogens is 270 g/mol. The van der Waals surface area contributed by atoms with Crippen LogP contribution < -0.4 is 4.90 Å². The van der Waals surface area contributed by atoms with E-state index >= 15 is 0 Å². The molecule has 3 nitrogen and oxygen atoms in total. The third kappa shape index (κ3) is 1.89. The van der Waals surface area contributed by atoms with E-state index in [9.17, 15) is 9.59 Å². The van der Waals surface area contributed by atoms with E-state index in [2.05, 4.69) is 15.9 Å². The minimum atomic E-state index is -0.105. The fourth-order valence-electron chi connectivity index (χ4n) is 1.90. The van der Waals surface area contributed by atoms with Gasteiger partial charge in [0.25, 0.3) is 0 Å². The molecule has 1 aliphatic rings. The number of carbonyl (C=O) groups is 2. The highest BCUT2D eigenvalue weighted by Crippen LogP contribution is 2.28. The van der Waals surface area contributed by atoms with Crippen molar-refractivity contribution in [3.05, 3.63) is 27.7 Å². The summed E-state index contributed by atoms with van der Waals surface area (Å²) >= 11 is 3.48. The zero-order valence-corrected chi connectivity index (χ0v) is 10.8. The molecule has 0 aliphatic carbocycles. The Bertz CT molecular complexity index is 459. The number of carbonyl (C=O) groups excluding carboxylic acids is 2. The number of anilines is 1. The maximum Gasteiger partial charge on any atom is 0.234 e. The molecule has 2 rings (SSSR count). The molecule has 1 saturated heterocycles. The molecule has 0 unspecified atom stereocenters. The Hall–Kier alpha value is -1.16. The molecule has 0 N–H and O–H groups in total. The van der Waals surface area contributed by atoms with E-state index in [-0.39, 0.29) is 24.7 Å². The first-order chi connectivity index (χ1) is 7.49. The van der Waals surface area contributed by atoms with Gasteiger partial charge in [0.05, 0.1) is 13.0 Å². The fraction of sp³-hybridized carbons (Fsp3) is 0.333. The lowest BCUT2D eigenvalue weighted by atomic mass is 10.1. The SMILES string of the molecule is Cc1cc(N2CC(=O)CC2=O)cc(C)c1Br. The van der Waals surface area contributed by atoms with Crippen molar-refractivity contribution in [1.82, 2.24) is 0 Å². The first kappa shape index (κ1) is 11.3. The predicted octanol–water partition coefficient (Wildman–Crippen LogP) is 2.37. The van der Waals surface area contributed by atoms with Gasteiger partial charge in [-0.05, 0) is 37.1 Å². The number of hydrogen-bond acceptors (Lipinski definition) is 2. The molecule has 1 aliphatic heterocycles. The summed E-state index contributed by atoms with van der Waals surface area (Å²) in [6, 6.07) is 3.85. The van der Waals surface area contributed by atoms with Crippen molar-refractivity contribution in [3.8, 4) is 0 Å². The van der Waals surface area contributed by atoms with Crippen molar-refractivity contribution < 1.29 is 9.59 Å². The Kier molecular flexibility index (Phi) is 2.84. The lowest BCUT2D eigenvalue weighted by Crippen LogP contribution is -2.24. The molecule has 16 heavy (non-hydrogen) atoms. The number of rotatable bonds is 1. The highest BCUT2D eigenvalue weighted by Gasteiger charge is 2.28. The summed E-state index contributed by atoms with van der Waals surface area (Å²) in [6.45, 7) is 4.16. The van der Waals surface area contributed by atoms with E-state index in [1.165, 1.54) is 0 Å². The van der Waals surface area contributed by atoms with Crippen molar-refractivity contribution in [2.24, 2.45) is 0 Å². The Balaban J connectivity index is 2.42. The van der Waals surface area contributed by atoms with Crippen LogP contribution in [0.25, 0.3) is 0 Å². The predicted molar refractivity (Wildman–Crippen MR) is 65.6 cm³/mol. The number of ketones is 1. The summed E-state index contributed by atoms with van der Waals surface area (Å²) in [5, 5.41) is 0. The van der Waals surface area contributed by atoms with Crippen LogP contribution in [0.3, 0.4) is 0 Å². The molecule has 1 aromatic carbocycles. The van der Waals surface area contributed by atoms with Gasteiger partial charge in [-0.25, -0.2) is 0 Å². The van der Waals surface area contributed by atoms with E-state index in [1.807, 2.05) is 26.0 Å². The van der Waals surface area contributed by atoms with Gasteiger partial charge >= 0.3 is 0 Å². The van der Waals surface area contributed by atoms with E-state index < -0.39 is 0 Å². The van der Waals surface area contributed by atoms with Gasteiger partial charge < -0.3 is 4.90 Å². The second-order valence-corrected chi connectivity index (χ2v) is 4.88. The van der Waals surface area contributed by atoms with Gasteiger partial charge in [-0.15, -0.1) is 0 Å². The zero-order valence-electron chi connectivity index (χ0n) is 9.21. The van der Waals surface area contributed by atoms with Gasteiger partial charge in [-0.1, -0.05) is 15.9 Å². The second-order valence-electron chi connectivity index (χ2n) is 4.09. The van der Waals surface area contributed by atoms with Crippen LogP contribution in [0.1, 0.15) is 17.5 Å². The summed E-state index contributed by atoms with van der Waals surface area (Å²) in [5.41, 5.74) is 2.96. The van der Waals surface area contributed by atoms with Crippen molar-refractivity contribution >= 4 is 33.3 Å². The molecular formula is C12H12BrNO2. The highest BCUT2D eigenvalue weighted by molar-refractivity contribution is 9.10. The summed E-state index contributed by atoms with van der Waals surface area (Å²) in [4.78, 5) is 24.3. The van der Waals surface area contributed by atoms with Gasteiger partial charge in [0, 0.05) is 10.2 Å². The molecule has 0 atom stereocenters. The number of halogens is 1. The maximum absolute atomic E-state index is 11.6. The monoisotopic (exact) mass is 281 g/mol. The van der Waals surface area contributed by atoms with Crippen molar-refractivity contribution in [2.75, 3.05) is 11.4 Å². The molecule has 84 valence electrons. The molecule has 1 amide bonds. The summed E-state index contributed by atoms with van der Waals surface area (Å²) < 4.78 is 1.05. The van der Waals surface area contributed by atoms with E-state index in [4.69, 9.17) is 0 Å². The number of Topliss-reactive ketones (excluding diaryl/α,β-unsaturated/α-hetero) is 1. The fourth-order valence-corrected chi connectivity index (χ4v) is 2.13. The van der Waals surface area contributed by atoms with Gasteiger partial charge in [0.1, 0.15) is 0 Å². The van der Waals surface area contributed by atoms with Gasteiger partial charge in [-0.3, -0.25) is 9.59 Å². The third-order valence-electron chi connectivity index (χ3n) is 2.72. The first-order valence-electron chi connectivity index (χ1n) is 5.08. The molecule has 0 bridgehead atoms. The van der Waals surface area contributed by atoms with E-state index in [0.29, 0.717) is 0 Å². The summed E-state index contributed by atoms with van der Waals surface area (Å²) in [6.07, 6.45) is 0.0359. The largest absolute Gasteiger partial charge is 0.305 e. The van der Waals surface area contributed by atoms with Crippen molar-refractivity contribution in [3.63, 3.8) is 0 Å². The van der Waals surface area contributed by atoms with Crippen LogP contribution >= 0.6 is 15.9 Å². The lowest BCUT2D eigenvalue weighted by molar-refractivity contribution is -0.121. The van der Waals surface area contributed by atoms with Gasteiger partial charge in [0.2, 0.25) is 5.91 Å². The van der Waals surface area contributed by atoms with Gasteiger partial charge in [0.15, 0.2) is 5.78 Å². The number of aryl methyl sites for hydroxylation is 2. The molecule has 0 radical (unpaired) electrons. The molecule has 0 spiro atoms. The lowest BCUT2D eigenvalue weighted by Gasteiger charge is -2.17. The Morgan fingerprint density at radius 3 is 2.19 bits per heavy atom. The number of amides is 1. The highest BCUT2D eigenvalue weighted by atomic mass is 79.9. The average Bonchev–Trinajstić information content (AvgIpc) is 2.53. The van der Waals surface area contributed by atoms with Crippen LogP contribution in [0.2, 0.25) is 0 Å². The molecule has 0 saturated carbocycles. The van der Waals surface area contributed by atoms with Crippen LogP contribution in [0.4, 0.5) is 5.69 Å². The van der Waals surface area contributed by atoms with Crippen molar-refractivity contribution in [2.45, 2.75) is 20.3 Å². The third-order valence-corrected chi connectivity index (χ3v) is 3.97. The standard InChI is InChI=1S/C12H12BrNO2/c1-7-3-9(4-8(2)12(7)13)14-6-10(15)5-11(14)16/h3-4H,5-6H2,1-2H3. The molecule has 4 heteroatoms. The minimum absolute atomic E-state index is 0.0109. The van der Waals surface area contributed by atoms with Crippen LogP contribution in [-0.2, 0) is 9.59 Å². The van der Waals surface area contributed by atoms with Gasteiger partial charge in [-0.2, -0.15) is 0 Å². The number of benzene rings is 1. The summed E-state index contributed by atoms with van der Waals surface area (Å²) in [7, 11) is 0. The minimum Gasteiger partial charge on any atom is -0.305 e. The maximum atomic E-state index is 11.6. The first-order valence-corrected chi connectivity index (χ1v) is 5.87. The Labute approximate surface area is 103 Å². The molecule has 1 aromatic rings. The normalized spacial score (nSPS) is 16.1. The Morgan fingerprint density at radius 1 is 1.19 bits per heavy atom. The van der Waals surface area contributed by atoms with Crippen LogP contribution in [0.5, 0.6) is 0 Å². The number of nitrogens with zero attached hydrogens (tertiary/aromatic N) is 1. The molecule has 1 heterocycles. The van der Waals surface area contributed by atoms with E-state index in [1.54, 1.807) is 4.90 Å². The zero-order chi connectivity index (χ0) is 11.9. The quantitative estimate of drug-likeness (QED) is 0.742. The average molecular weight is 282 g/mol.